The Hall–Kier alpha value is -3.50. The van der Waals surface area contributed by atoms with E-state index >= 15 is 0 Å². The van der Waals surface area contributed by atoms with Crippen molar-refractivity contribution in [1.29, 1.82) is 0 Å². The number of Topliss-reactive ketones (excluding diaryl/α,β-unsaturated/α-hetero) is 1. The van der Waals surface area contributed by atoms with Gasteiger partial charge in [-0.1, -0.05) is 61.3 Å². The largest absolute Gasteiger partial charge is 0.454 e. The Labute approximate surface area is 198 Å². The van der Waals surface area contributed by atoms with Gasteiger partial charge in [-0.2, -0.15) is 0 Å². The number of esters is 1. The van der Waals surface area contributed by atoms with Crippen molar-refractivity contribution in [2.75, 3.05) is 6.61 Å². The molecule has 0 aliphatic rings. The van der Waals surface area contributed by atoms with Crippen LogP contribution in [-0.2, 0) is 4.74 Å². The summed E-state index contributed by atoms with van der Waals surface area (Å²) >= 11 is 5.88. The predicted octanol–water partition coefficient (Wildman–Crippen LogP) is 7.03. The number of benzene rings is 3. The predicted molar refractivity (Wildman–Crippen MR) is 132 cm³/mol. The molecule has 0 N–H and O–H groups in total. The van der Waals surface area contributed by atoms with Gasteiger partial charge in [0, 0.05) is 21.5 Å². The van der Waals surface area contributed by atoms with Gasteiger partial charge in [-0.15, -0.1) is 0 Å². The van der Waals surface area contributed by atoms with Gasteiger partial charge in [0.2, 0.25) is 0 Å². The summed E-state index contributed by atoms with van der Waals surface area (Å²) in [7, 11) is 0. The van der Waals surface area contributed by atoms with Crippen LogP contribution in [0.1, 0.15) is 51.6 Å². The number of halogens is 1. The van der Waals surface area contributed by atoms with E-state index in [0.717, 1.165) is 11.1 Å². The van der Waals surface area contributed by atoms with Gasteiger partial charge in [0.25, 0.3) is 0 Å². The molecule has 3 aromatic carbocycles. The Bertz CT molecular complexity index is 1330. The molecule has 0 bridgehead atoms. The average molecular weight is 458 g/mol. The zero-order valence-corrected chi connectivity index (χ0v) is 19.5. The normalized spacial score (nSPS) is 11.1. The minimum absolute atomic E-state index is 0.293. The van der Waals surface area contributed by atoms with Crippen LogP contribution in [0.15, 0.2) is 72.8 Å². The minimum atomic E-state index is -0.560. The number of ketones is 1. The van der Waals surface area contributed by atoms with Gasteiger partial charge in [-0.3, -0.25) is 4.79 Å². The molecule has 4 aromatic rings. The molecular formula is C28H24ClNO3. The summed E-state index contributed by atoms with van der Waals surface area (Å²) in [5.41, 5.74) is 5.34. The standard InChI is InChI=1S/C28H24ClNO3/c1-17(2)19-5-7-20(8-6-19)26-15-24(23-14-18(3)4-13-25(23)30-26)28(32)33-16-27(31)21-9-11-22(29)12-10-21/h4-15,17H,16H2,1-3H3. The summed E-state index contributed by atoms with van der Waals surface area (Å²) in [6.07, 6.45) is 0. The second-order valence-corrected chi connectivity index (χ2v) is 8.80. The number of pyridine rings is 1. The zero-order valence-electron chi connectivity index (χ0n) is 18.8. The molecule has 5 heteroatoms. The van der Waals surface area contributed by atoms with E-state index in [4.69, 9.17) is 21.3 Å². The van der Waals surface area contributed by atoms with Crippen LogP contribution >= 0.6 is 11.6 Å². The van der Waals surface area contributed by atoms with Crippen molar-refractivity contribution in [1.82, 2.24) is 4.98 Å². The van der Waals surface area contributed by atoms with Crippen LogP contribution in [0.3, 0.4) is 0 Å². The summed E-state index contributed by atoms with van der Waals surface area (Å²) in [5, 5.41) is 1.23. The summed E-state index contributed by atoms with van der Waals surface area (Å²) in [4.78, 5) is 30.3. The third kappa shape index (κ3) is 5.12. The summed E-state index contributed by atoms with van der Waals surface area (Å²) in [5.74, 6) is -0.426. The topological polar surface area (TPSA) is 56.3 Å². The van der Waals surface area contributed by atoms with Crippen LogP contribution in [0, 0.1) is 6.92 Å². The quantitative estimate of drug-likeness (QED) is 0.230. The van der Waals surface area contributed by atoms with Crippen LogP contribution in [0.25, 0.3) is 22.2 Å². The first-order valence-electron chi connectivity index (χ1n) is 10.8. The van der Waals surface area contributed by atoms with E-state index in [1.54, 1.807) is 30.3 Å². The van der Waals surface area contributed by atoms with Crippen molar-refractivity contribution in [3.8, 4) is 11.3 Å². The first-order chi connectivity index (χ1) is 15.8. The van der Waals surface area contributed by atoms with E-state index in [2.05, 4.69) is 26.0 Å². The molecule has 0 saturated heterocycles. The van der Waals surface area contributed by atoms with Crippen LogP contribution in [-0.4, -0.2) is 23.3 Å². The van der Waals surface area contributed by atoms with Crippen molar-refractivity contribution in [2.45, 2.75) is 26.7 Å². The van der Waals surface area contributed by atoms with E-state index in [1.165, 1.54) is 5.56 Å². The molecule has 4 rings (SSSR count). The van der Waals surface area contributed by atoms with Gasteiger partial charge in [0.1, 0.15) is 0 Å². The Morgan fingerprint density at radius 2 is 1.64 bits per heavy atom. The highest BCUT2D eigenvalue weighted by atomic mass is 35.5. The molecule has 0 aliphatic heterocycles. The van der Waals surface area contributed by atoms with E-state index in [9.17, 15) is 9.59 Å². The Kier molecular flexibility index (Phi) is 6.57. The van der Waals surface area contributed by atoms with Crippen molar-refractivity contribution in [2.24, 2.45) is 0 Å². The lowest BCUT2D eigenvalue weighted by molar-refractivity contribution is 0.0476. The molecule has 0 amide bonds. The molecule has 0 radical (unpaired) electrons. The Morgan fingerprint density at radius 3 is 2.30 bits per heavy atom. The monoisotopic (exact) mass is 457 g/mol. The van der Waals surface area contributed by atoms with Gasteiger partial charge < -0.3 is 4.74 Å². The second kappa shape index (κ2) is 9.55. The molecule has 0 aliphatic carbocycles. The van der Waals surface area contributed by atoms with E-state index in [1.807, 2.05) is 37.3 Å². The highest BCUT2D eigenvalue weighted by Gasteiger charge is 2.18. The highest BCUT2D eigenvalue weighted by Crippen LogP contribution is 2.27. The number of hydrogen-bond acceptors (Lipinski definition) is 4. The maximum atomic E-state index is 13.1. The van der Waals surface area contributed by atoms with Crippen LogP contribution in [0.5, 0.6) is 0 Å². The maximum absolute atomic E-state index is 13.1. The lowest BCUT2D eigenvalue weighted by Gasteiger charge is -2.12. The lowest BCUT2D eigenvalue weighted by Crippen LogP contribution is -2.15. The molecular weight excluding hydrogens is 434 g/mol. The number of nitrogens with zero attached hydrogens (tertiary/aromatic N) is 1. The van der Waals surface area contributed by atoms with Crippen LogP contribution < -0.4 is 0 Å². The van der Waals surface area contributed by atoms with Crippen molar-refractivity contribution in [3.05, 3.63) is 100 Å². The number of fused-ring (bicyclic) bond motifs is 1. The van der Waals surface area contributed by atoms with Crippen molar-refractivity contribution >= 4 is 34.3 Å². The number of carbonyl (C=O) groups is 2. The number of hydrogen-bond donors (Lipinski definition) is 0. The van der Waals surface area contributed by atoms with E-state index < -0.39 is 5.97 Å². The molecule has 0 saturated carbocycles. The summed E-state index contributed by atoms with van der Waals surface area (Å²) < 4.78 is 5.41. The van der Waals surface area contributed by atoms with E-state index in [0.29, 0.717) is 38.7 Å². The third-order valence-electron chi connectivity index (χ3n) is 5.56. The van der Waals surface area contributed by atoms with Crippen molar-refractivity contribution in [3.63, 3.8) is 0 Å². The molecule has 33 heavy (non-hydrogen) atoms. The Balaban J connectivity index is 1.66. The molecule has 0 atom stereocenters. The SMILES string of the molecule is Cc1ccc2nc(-c3ccc(C(C)C)cc3)cc(C(=O)OCC(=O)c3ccc(Cl)cc3)c2c1. The molecule has 0 unspecified atom stereocenters. The first-order valence-corrected chi connectivity index (χ1v) is 11.2. The summed E-state index contributed by atoms with van der Waals surface area (Å²) in [6, 6.07) is 22.2. The van der Waals surface area contributed by atoms with Gasteiger partial charge in [0.15, 0.2) is 12.4 Å². The zero-order chi connectivity index (χ0) is 23.5. The molecule has 1 heterocycles. The fourth-order valence-electron chi connectivity index (χ4n) is 3.62. The molecule has 166 valence electrons. The molecule has 4 nitrogen and oxygen atoms in total. The second-order valence-electron chi connectivity index (χ2n) is 8.36. The smallest absolute Gasteiger partial charge is 0.339 e. The van der Waals surface area contributed by atoms with Gasteiger partial charge in [0.05, 0.1) is 16.8 Å². The minimum Gasteiger partial charge on any atom is -0.454 e. The number of carbonyl (C=O) groups excluding carboxylic acids is 2. The molecule has 0 fully saturated rings. The van der Waals surface area contributed by atoms with Crippen LogP contribution in [0.2, 0.25) is 5.02 Å². The Morgan fingerprint density at radius 1 is 0.939 bits per heavy atom. The van der Waals surface area contributed by atoms with Gasteiger partial charge >= 0.3 is 5.97 Å². The number of ether oxygens (including phenoxy) is 1. The van der Waals surface area contributed by atoms with E-state index in [-0.39, 0.29) is 12.4 Å². The average Bonchev–Trinajstić information content (AvgIpc) is 2.82. The third-order valence-corrected chi connectivity index (χ3v) is 5.81. The number of rotatable bonds is 6. The van der Waals surface area contributed by atoms with Crippen molar-refractivity contribution < 1.29 is 14.3 Å². The first kappa shape index (κ1) is 22.7. The number of aromatic nitrogens is 1. The fraction of sp³-hybridized carbons (Fsp3) is 0.179. The van der Waals surface area contributed by atoms with Gasteiger partial charge in [-0.05, 0) is 60.9 Å². The van der Waals surface area contributed by atoms with Gasteiger partial charge in [-0.25, -0.2) is 9.78 Å². The molecule has 1 aromatic heterocycles. The van der Waals surface area contributed by atoms with Crippen LogP contribution in [0.4, 0.5) is 0 Å². The highest BCUT2D eigenvalue weighted by molar-refractivity contribution is 6.30. The maximum Gasteiger partial charge on any atom is 0.339 e. The number of aryl methyl sites for hydroxylation is 1. The lowest BCUT2D eigenvalue weighted by atomic mass is 9.99. The summed E-state index contributed by atoms with van der Waals surface area (Å²) in [6.45, 7) is 5.89. The fourth-order valence-corrected chi connectivity index (χ4v) is 3.75. The molecule has 0 spiro atoms.